The molecular formula is C14H19ClN2O3. The number of carbonyl (C=O) groups excluding carboxylic acids is 1. The van der Waals surface area contributed by atoms with Crippen LogP contribution in [0.2, 0.25) is 5.02 Å². The molecule has 0 heterocycles. The van der Waals surface area contributed by atoms with Crippen LogP contribution in [0, 0.1) is 0 Å². The van der Waals surface area contributed by atoms with E-state index in [4.69, 9.17) is 16.7 Å². The van der Waals surface area contributed by atoms with Gasteiger partial charge in [0.1, 0.15) is 5.54 Å². The molecular weight excluding hydrogens is 280 g/mol. The Labute approximate surface area is 123 Å². The minimum atomic E-state index is -1.01. The molecule has 0 aliphatic rings. The zero-order valence-corrected chi connectivity index (χ0v) is 12.6. The Balaban J connectivity index is 2.53. The first-order chi connectivity index (χ1) is 9.25. The van der Waals surface area contributed by atoms with Gasteiger partial charge in [-0.1, -0.05) is 23.7 Å². The third kappa shape index (κ3) is 4.21. The normalized spacial score (nSPS) is 11.4. The number of aliphatic carboxylic acids is 1. The van der Waals surface area contributed by atoms with Crippen LogP contribution in [-0.4, -0.2) is 41.0 Å². The number of nitrogens with one attached hydrogen (secondary N) is 1. The average molecular weight is 299 g/mol. The second kappa shape index (κ2) is 6.72. The van der Waals surface area contributed by atoms with Crippen molar-refractivity contribution in [3.63, 3.8) is 0 Å². The largest absolute Gasteiger partial charge is 0.480 e. The van der Waals surface area contributed by atoms with Crippen molar-refractivity contribution in [2.24, 2.45) is 0 Å². The zero-order chi connectivity index (χ0) is 15.3. The molecule has 110 valence electrons. The monoisotopic (exact) mass is 298 g/mol. The second-order valence-electron chi connectivity index (χ2n) is 5.06. The highest BCUT2D eigenvalue weighted by Crippen LogP contribution is 2.20. The minimum absolute atomic E-state index is 0.193. The van der Waals surface area contributed by atoms with Crippen molar-refractivity contribution in [2.75, 3.05) is 18.9 Å². The number of carboxylic acids is 1. The van der Waals surface area contributed by atoms with Crippen LogP contribution < -0.4 is 5.32 Å². The van der Waals surface area contributed by atoms with E-state index in [9.17, 15) is 9.59 Å². The van der Waals surface area contributed by atoms with Crippen molar-refractivity contribution < 1.29 is 14.7 Å². The fourth-order valence-electron chi connectivity index (χ4n) is 1.49. The SMILES string of the molecule is CN(CCC(=O)Nc1ccccc1Cl)C(C)(C)C(=O)O. The number of benzene rings is 1. The fourth-order valence-corrected chi connectivity index (χ4v) is 1.67. The van der Waals surface area contributed by atoms with Gasteiger partial charge in [0.15, 0.2) is 0 Å². The number of carbonyl (C=O) groups is 2. The van der Waals surface area contributed by atoms with Crippen molar-refractivity contribution in [3.8, 4) is 0 Å². The lowest BCUT2D eigenvalue weighted by Crippen LogP contribution is -2.48. The number of likely N-dealkylation sites (N-methyl/N-ethyl adjacent to an activating group) is 1. The lowest BCUT2D eigenvalue weighted by molar-refractivity contribution is -0.148. The molecule has 0 unspecified atom stereocenters. The maximum Gasteiger partial charge on any atom is 0.323 e. The summed E-state index contributed by atoms with van der Waals surface area (Å²) in [5.41, 5.74) is -0.454. The number of hydrogen-bond acceptors (Lipinski definition) is 3. The quantitative estimate of drug-likeness (QED) is 0.846. The van der Waals surface area contributed by atoms with Gasteiger partial charge < -0.3 is 10.4 Å². The zero-order valence-electron chi connectivity index (χ0n) is 11.8. The van der Waals surface area contributed by atoms with Gasteiger partial charge in [-0.15, -0.1) is 0 Å². The molecule has 5 nitrogen and oxygen atoms in total. The molecule has 1 aromatic rings. The molecule has 1 rings (SSSR count). The first-order valence-corrected chi connectivity index (χ1v) is 6.62. The summed E-state index contributed by atoms with van der Waals surface area (Å²) in [6.45, 7) is 3.54. The van der Waals surface area contributed by atoms with Gasteiger partial charge in [-0.05, 0) is 33.0 Å². The predicted molar refractivity (Wildman–Crippen MR) is 79.0 cm³/mol. The molecule has 1 amide bonds. The Bertz CT molecular complexity index is 503. The molecule has 0 atom stereocenters. The minimum Gasteiger partial charge on any atom is -0.480 e. The molecule has 0 aliphatic heterocycles. The molecule has 0 spiro atoms. The van der Waals surface area contributed by atoms with Crippen molar-refractivity contribution in [3.05, 3.63) is 29.3 Å². The maximum absolute atomic E-state index is 11.8. The molecule has 0 saturated carbocycles. The topological polar surface area (TPSA) is 69.6 Å². The highest BCUT2D eigenvalue weighted by molar-refractivity contribution is 6.33. The predicted octanol–water partition coefficient (Wildman–Crippen LogP) is 2.46. The Morgan fingerprint density at radius 1 is 1.35 bits per heavy atom. The summed E-state index contributed by atoms with van der Waals surface area (Å²) >= 11 is 5.94. The summed E-state index contributed by atoms with van der Waals surface area (Å²) in [6, 6.07) is 6.96. The second-order valence-corrected chi connectivity index (χ2v) is 5.47. The third-order valence-electron chi connectivity index (χ3n) is 3.30. The van der Waals surface area contributed by atoms with Crippen LogP contribution in [0.5, 0.6) is 0 Å². The fraction of sp³-hybridized carbons (Fsp3) is 0.429. The summed E-state index contributed by atoms with van der Waals surface area (Å²) in [4.78, 5) is 24.5. The van der Waals surface area contributed by atoms with Gasteiger partial charge in [-0.25, -0.2) is 0 Å². The van der Waals surface area contributed by atoms with Crippen LogP contribution in [0.15, 0.2) is 24.3 Å². The molecule has 0 saturated heterocycles. The van der Waals surface area contributed by atoms with E-state index in [0.717, 1.165) is 0 Å². The Morgan fingerprint density at radius 3 is 2.50 bits per heavy atom. The molecule has 0 aromatic heterocycles. The molecule has 0 bridgehead atoms. The summed E-state index contributed by atoms with van der Waals surface area (Å²) in [5.74, 6) is -1.13. The average Bonchev–Trinajstić information content (AvgIpc) is 2.38. The first kappa shape index (κ1) is 16.5. The van der Waals surface area contributed by atoms with Crippen molar-refractivity contribution in [1.29, 1.82) is 0 Å². The molecule has 2 N–H and O–H groups in total. The van der Waals surface area contributed by atoms with Gasteiger partial charge in [-0.2, -0.15) is 0 Å². The van der Waals surface area contributed by atoms with Crippen LogP contribution in [0.4, 0.5) is 5.69 Å². The van der Waals surface area contributed by atoms with E-state index in [1.165, 1.54) is 0 Å². The van der Waals surface area contributed by atoms with Crippen LogP contribution in [0.1, 0.15) is 20.3 Å². The number of amides is 1. The van der Waals surface area contributed by atoms with Crippen LogP contribution in [0.25, 0.3) is 0 Å². The van der Waals surface area contributed by atoms with Crippen LogP contribution >= 0.6 is 11.6 Å². The summed E-state index contributed by atoms with van der Waals surface area (Å²) in [7, 11) is 1.68. The highest BCUT2D eigenvalue weighted by Gasteiger charge is 2.31. The number of para-hydroxylation sites is 1. The third-order valence-corrected chi connectivity index (χ3v) is 3.63. The standard InChI is InChI=1S/C14H19ClN2O3/c1-14(2,13(19)20)17(3)9-8-12(18)16-11-7-5-4-6-10(11)15/h4-7H,8-9H2,1-3H3,(H,16,18)(H,19,20). The number of carboxylic acid groups (broad SMARTS) is 1. The van der Waals surface area contributed by atoms with Gasteiger partial charge in [-0.3, -0.25) is 14.5 Å². The number of halogens is 1. The summed E-state index contributed by atoms with van der Waals surface area (Å²) in [5, 5.41) is 12.3. The highest BCUT2D eigenvalue weighted by atomic mass is 35.5. The van der Waals surface area contributed by atoms with Crippen LogP contribution in [0.3, 0.4) is 0 Å². The number of rotatable bonds is 6. The molecule has 6 heteroatoms. The maximum atomic E-state index is 11.8. The first-order valence-electron chi connectivity index (χ1n) is 6.24. The van der Waals surface area contributed by atoms with Gasteiger partial charge in [0, 0.05) is 13.0 Å². The van der Waals surface area contributed by atoms with Gasteiger partial charge >= 0.3 is 5.97 Å². The molecule has 1 aromatic carbocycles. The van der Waals surface area contributed by atoms with E-state index in [0.29, 0.717) is 17.3 Å². The van der Waals surface area contributed by atoms with Gasteiger partial charge in [0.05, 0.1) is 10.7 Å². The van der Waals surface area contributed by atoms with E-state index >= 15 is 0 Å². The number of hydrogen-bond donors (Lipinski definition) is 2. The van der Waals surface area contributed by atoms with Crippen LogP contribution in [-0.2, 0) is 9.59 Å². The van der Waals surface area contributed by atoms with Crippen molar-refractivity contribution >= 4 is 29.2 Å². The van der Waals surface area contributed by atoms with Gasteiger partial charge in [0.25, 0.3) is 0 Å². The molecule has 20 heavy (non-hydrogen) atoms. The molecule has 0 radical (unpaired) electrons. The lowest BCUT2D eigenvalue weighted by atomic mass is 10.0. The Morgan fingerprint density at radius 2 is 1.95 bits per heavy atom. The van der Waals surface area contributed by atoms with Gasteiger partial charge in [0.2, 0.25) is 5.91 Å². The van der Waals surface area contributed by atoms with Crippen molar-refractivity contribution in [1.82, 2.24) is 4.90 Å². The Kier molecular flexibility index (Phi) is 5.53. The smallest absolute Gasteiger partial charge is 0.323 e. The lowest BCUT2D eigenvalue weighted by Gasteiger charge is -2.31. The molecule has 0 fully saturated rings. The van der Waals surface area contributed by atoms with E-state index in [1.54, 1.807) is 50.1 Å². The van der Waals surface area contributed by atoms with E-state index in [2.05, 4.69) is 5.32 Å². The van der Waals surface area contributed by atoms with E-state index in [1.807, 2.05) is 0 Å². The summed E-state index contributed by atoms with van der Waals surface area (Å²) in [6.07, 6.45) is 0.193. The van der Waals surface area contributed by atoms with Crippen molar-refractivity contribution in [2.45, 2.75) is 25.8 Å². The summed E-state index contributed by atoms with van der Waals surface area (Å²) < 4.78 is 0. The van der Waals surface area contributed by atoms with E-state index in [-0.39, 0.29) is 12.3 Å². The number of anilines is 1. The van der Waals surface area contributed by atoms with E-state index < -0.39 is 11.5 Å². The Hall–Kier alpha value is -1.59. The number of nitrogens with zero attached hydrogens (tertiary/aromatic N) is 1. The molecule has 0 aliphatic carbocycles.